The number of hydrogen-bond donors (Lipinski definition) is 0. The standard InChI is InChI=1S/C10H22OSi/c1-3-7-10(2)11-12-8-5-4-6-9-12/h10,12H,3-9H2,1-2H3. The van der Waals surface area contributed by atoms with Crippen molar-refractivity contribution in [2.45, 2.75) is 64.1 Å². The Kier molecular flexibility index (Phi) is 4.92. The molecule has 1 saturated heterocycles. The Balaban J connectivity index is 2.11. The molecule has 1 rings (SSSR count). The maximum absolute atomic E-state index is 6.07. The SMILES string of the molecule is CCCC(C)O[SiH]1CCCCC1. The second-order valence-corrected chi connectivity index (χ2v) is 6.67. The van der Waals surface area contributed by atoms with Crippen LogP contribution in [0.15, 0.2) is 0 Å². The Morgan fingerprint density at radius 3 is 2.50 bits per heavy atom. The highest BCUT2D eigenvalue weighted by Crippen LogP contribution is 2.21. The Labute approximate surface area is 78.2 Å². The third-order valence-corrected chi connectivity index (χ3v) is 5.63. The van der Waals surface area contributed by atoms with E-state index >= 15 is 0 Å². The summed E-state index contributed by atoms with van der Waals surface area (Å²) in [7, 11) is -0.716. The highest BCUT2D eigenvalue weighted by Gasteiger charge is 2.17. The van der Waals surface area contributed by atoms with Crippen molar-refractivity contribution in [3.05, 3.63) is 0 Å². The molecule has 12 heavy (non-hydrogen) atoms. The largest absolute Gasteiger partial charge is 0.417 e. The van der Waals surface area contributed by atoms with Gasteiger partial charge < -0.3 is 4.43 Å². The molecule has 0 N–H and O–H groups in total. The second kappa shape index (κ2) is 5.76. The molecule has 1 atom stereocenters. The molecule has 0 bridgehead atoms. The summed E-state index contributed by atoms with van der Waals surface area (Å²) in [5.74, 6) is 0. The zero-order valence-corrected chi connectivity index (χ0v) is 9.67. The van der Waals surface area contributed by atoms with Gasteiger partial charge in [-0.25, -0.2) is 0 Å². The summed E-state index contributed by atoms with van der Waals surface area (Å²) in [4.78, 5) is 0. The van der Waals surface area contributed by atoms with Crippen LogP contribution in [-0.2, 0) is 4.43 Å². The molecule has 0 spiro atoms. The van der Waals surface area contributed by atoms with Gasteiger partial charge in [0.25, 0.3) is 0 Å². The van der Waals surface area contributed by atoms with E-state index in [1.165, 1.54) is 44.2 Å². The van der Waals surface area contributed by atoms with Crippen molar-refractivity contribution < 1.29 is 4.43 Å². The zero-order valence-electron chi connectivity index (χ0n) is 8.51. The fourth-order valence-corrected chi connectivity index (χ4v) is 4.85. The van der Waals surface area contributed by atoms with Crippen molar-refractivity contribution in [2.75, 3.05) is 0 Å². The van der Waals surface area contributed by atoms with Gasteiger partial charge in [0, 0.05) is 6.10 Å². The summed E-state index contributed by atoms with van der Waals surface area (Å²) >= 11 is 0. The van der Waals surface area contributed by atoms with Crippen LogP contribution < -0.4 is 0 Å². The van der Waals surface area contributed by atoms with Crippen LogP contribution in [0.2, 0.25) is 12.1 Å². The van der Waals surface area contributed by atoms with Crippen molar-refractivity contribution in [3.8, 4) is 0 Å². The molecule has 0 aliphatic carbocycles. The molecule has 0 radical (unpaired) electrons. The van der Waals surface area contributed by atoms with Crippen molar-refractivity contribution in [1.29, 1.82) is 0 Å². The highest BCUT2D eigenvalue weighted by molar-refractivity contribution is 6.52. The van der Waals surface area contributed by atoms with Gasteiger partial charge in [0.2, 0.25) is 0 Å². The van der Waals surface area contributed by atoms with Crippen molar-refractivity contribution in [2.24, 2.45) is 0 Å². The topological polar surface area (TPSA) is 9.23 Å². The Morgan fingerprint density at radius 2 is 1.92 bits per heavy atom. The van der Waals surface area contributed by atoms with E-state index in [2.05, 4.69) is 13.8 Å². The van der Waals surface area contributed by atoms with Crippen molar-refractivity contribution in [3.63, 3.8) is 0 Å². The minimum atomic E-state index is -0.716. The van der Waals surface area contributed by atoms with Crippen LogP contribution in [0.4, 0.5) is 0 Å². The zero-order chi connectivity index (χ0) is 8.81. The molecular formula is C10H22OSi. The normalized spacial score (nSPS) is 22.5. The lowest BCUT2D eigenvalue weighted by Gasteiger charge is -2.24. The molecule has 0 saturated carbocycles. The van der Waals surface area contributed by atoms with E-state index < -0.39 is 9.04 Å². The van der Waals surface area contributed by atoms with Gasteiger partial charge in [-0.15, -0.1) is 0 Å². The highest BCUT2D eigenvalue weighted by atomic mass is 28.3. The first kappa shape index (κ1) is 10.3. The predicted molar refractivity (Wildman–Crippen MR) is 56.1 cm³/mol. The molecule has 0 aromatic carbocycles. The molecule has 1 unspecified atom stereocenters. The molecule has 0 aromatic rings. The minimum Gasteiger partial charge on any atom is -0.417 e. The molecule has 1 aliphatic rings. The number of rotatable bonds is 4. The van der Waals surface area contributed by atoms with Gasteiger partial charge in [0.05, 0.1) is 0 Å². The minimum absolute atomic E-state index is 0.546. The first-order valence-corrected chi connectivity index (χ1v) is 7.59. The summed E-state index contributed by atoms with van der Waals surface area (Å²) in [6.45, 7) is 4.48. The number of hydrogen-bond acceptors (Lipinski definition) is 1. The average molecular weight is 186 g/mol. The molecule has 2 heteroatoms. The lowest BCUT2D eigenvalue weighted by molar-refractivity contribution is 0.205. The van der Waals surface area contributed by atoms with E-state index in [9.17, 15) is 0 Å². The molecular weight excluding hydrogens is 164 g/mol. The first-order valence-electron chi connectivity index (χ1n) is 5.48. The fourth-order valence-electron chi connectivity index (χ4n) is 2.00. The van der Waals surface area contributed by atoms with Gasteiger partial charge in [-0.1, -0.05) is 32.6 Å². The van der Waals surface area contributed by atoms with Crippen LogP contribution in [0.1, 0.15) is 46.0 Å². The summed E-state index contributed by atoms with van der Waals surface area (Å²) in [5.41, 5.74) is 0. The van der Waals surface area contributed by atoms with Crippen LogP contribution in [0.5, 0.6) is 0 Å². The van der Waals surface area contributed by atoms with E-state index in [1.807, 2.05) is 0 Å². The third-order valence-electron chi connectivity index (χ3n) is 2.67. The van der Waals surface area contributed by atoms with Crippen molar-refractivity contribution in [1.82, 2.24) is 0 Å². The average Bonchev–Trinajstić information content (AvgIpc) is 2.06. The van der Waals surface area contributed by atoms with Gasteiger partial charge in [-0.05, 0) is 25.4 Å². The molecule has 1 nitrogen and oxygen atoms in total. The summed E-state index contributed by atoms with van der Waals surface area (Å²) in [6.07, 6.45) is 7.40. The maximum Gasteiger partial charge on any atom is 0.177 e. The summed E-state index contributed by atoms with van der Waals surface area (Å²) in [5, 5.41) is 0. The van der Waals surface area contributed by atoms with Gasteiger partial charge >= 0.3 is 0 Å². The quantitative estimate of drug-likeness (QED) is 0.613. The molecule has 0 aromatic heterocycles. The fraction of sp³-hybridized carbons (Fsp3) is 1.00. The molecule has 1 heterocycles. The van der Waals surface area contributed by atoms with Gasteiger partial charge in [-0.2, -0.15) is 0 Å². The molecule has 1 aliphatic heterocycles. The second-order valence-electron chi connectivity index (χ2n) is 4.00. The monoisotopic (exact) mass is 186 g/mol. The lowest BCUT2D eigenvalue weighted by atomic mass is 10.2. The smallest absolute Gasteiger partial charge is 0.177 e. The Morgan fingerprint density at radius 1 is 1.25 bits per heavy atom. The van der Waals surface area contributed by atoms with Crippen LogP contribution in [0, 0.1) is 0 Å². The lowest BCUT2D eigenvalue weighted by Crippen LogP contribution is -2.25. The van der Waals surface area contributed by atoms with E-state index in [-0.39, 0.29) is 0 Å². The first-order chi connectivity index (χ1) is 5.83. The van der Waals surface area contributed by atoms with Crippen LogP contribution in [-0.4, -0.2) is 15.1 Å². The third kappa shape index (κ3) is 3.72. The summed E-state index contributed by atoms with van der Waals surface area (Å²) in [6, 6.07) is 2.88. The van der Waals surface area contributed by atoms with E-state index in [0.29, 0.717) is 6.10 Å². The maximum atomic E-state index is 6.07. The predicted octanol–water partition coefficient (Wildman–Crippen LogP) is 3.10. The van der Waals surface area contributed by atoms with Crippen LogP contribution in [0.25, 0.3) is 0 Å². The van der Waals surface area contributed by atoms with E-state index in [1.54, 1.807) is 0 Å². The van der Waals surface area contributed by atoms with Gasteiger partial charge in [0.15, 0.2) is 9.04 Å². The van der Waals surface area contributed by atoms with E-state index in [0.717, 1.165) is 0 Å². The Hall–Kier alpha value is 0.177. The van der Waals surface area contributed by atoms with Crippen LogP contribution >= 0.6 is 0 Å². The summed E-state index contributed by atoms with van der Waals surface area (Å²) < 4.78 is 6.07. The van der Waals surface area contributed by atoms with E-state index in [4.69, 9.17) is 4.43 Å². The molecule has 0 amide bonds. The Bertz CT molecular complexity index is 110. The molecule has 1 fully saturated rings. The molecule has 72 valence electrons. The van der Waals surface area contributed by atoms with Gasteiger partial charge in [-0.3, -0.25) is 0 Å². The van der Waals surface area contributed by atoms with Crippen molar-refractivity contribution >= 4 is 9.04 Å². The van der Waals surface area contributed by atoms with Gasteiger partial charge in [0.1, 0.15) is 0 Å². The van der Waals surface area contributed by atoms with Crippen LogP contribution in [0.3, 0.4) is 0 Å².